The van der Waals surface area contributed by atoms with Gasteiger partial charge < -0.3 is 15.0 Å². The summed E-state index contributed by atoms with van der Waals surface area (Å²) in [6.45, 7) is 16.6. The van der Waals surface area contributed by atoms with Gasteiger partial charge >= 0.3 is 0 Å². The van der Waals surface area contributed by atoms with Crippen molar-refractivity contribution < 1.29 is 9.53 Å². The summed E-state index contributed by atoms with van der Waals surface area (Å²) in [5.41, 5.74) is 3.23. The van der Waals surface area contributed by atoms with Crippen molar-refractivity contribution in [3.8, 4) is 5.75 Å². The van der Waals surface area contributed by atoms with Gasteiger partial charge in [-0.25, -0.2) is 0 Å². The smallest absolute Gasteiger partial charge is 0.229 e. The fourth-order valence-electron chi connectivity index (χ4n) is 3.10. The fraction of sp³-hybridized carbons (Fsp3) is 0.682. The van der Waals surface area contributed by atoms with Crippen molar-refractivity contribution in [2.45, 2.75) is 65.2 Å². The third kappa shape index (κ3) is 5.23. The first-order valence-electron chi connectivity index (χ1n) is 9.47. The second kappa shape index (κ2) is 8.43. The van der Waals surface area contributed by atoms with Crippen LogP contribution in [0.4, 0.5) is 0 Å². The number of amides is 1. The van der Waals surface area contributed by atoms with Crippen molar-refractivity contribution in [2.75, 3.05) is 34.3 Å². The van der Waals surface area contributed by atoms with Crippen LogP contribution in [0.3, 0.4) is 0 Å². The summed E-state index contributed by atoms with van der Waals surface area (Å²) in [6, 6.07) is 4.31. The first kappa shape index (κ1) is 22.5. The Morgan fingerprint density at radius 3 is 1.92 bits per heavy atom. The molecule has 1 atom stereocenters. The minimum atomic E-state index is -0.190. The molecule has 0 radical (unpaired) electrons. The maximum absolute atomic E-state index is 12.9. The zero-order valence-electron chi connectivity index (χ0n) is 18.4. The van der Waals surface area contributed by atoms with Gasteiger partial charge in [0.15, 0.2) is 0 Å². The van der Waals surface area contributed by atoms with Crippen LogP contribution < -0.4 is 10.1 Å². The van der Waals surface area contributed by atoms with Gasteiger partial charge in [-0.2, -0.15) is 0 Å². The summed E-state index contributed by atoms with van der Waals surface area (Å²) in [7, 11) is 5.51. The van der Waals surface area contributed by atoms with Gasteiger partial charge in [-0.15, -0.1) is 0 Å². The van der Waals surface area contributed by atoms with E-state index in [1.54, 1.807) is 12.0 Å². The fourth-order valence-corrected chi connectivity index (χ4v) is 3.10. The van der Waals surface area contributed by atoms with Crippen molar-refractivity contribution in [3.05, 3.63) is 28.8 Å². The Morgan fingerprint density at radius 1 is 1.12 bits per heavy atom. The Labute approximate surface area is 160 Å². The van der Waals surface area contributed by atoms with E-state index in [0.717, 1.165) is 29.0 Å². The highest BCUT2D eigenvalue weighted by molar-refractivity contribution is 5.83. The molecule has 4 nitrogen and oxygen atoms in total. The summed E-state index contributed by atoms with van der Waals surface area (Å²) in [6.07, 6.45) is 0. The topological polar surface area (TPSA) is 41.6 Å². The van der Waals surface area contributed by atoms with Crippen LogP contribution in [0, 0.1) is 0 Å². The number of hydrogen-bond acceptors (Lipinski definition) is 3. The van der Waals surface area contributed by atoms with Crippen LogP contribution in [-0.2, 0) is 15.6 Å². The highest BCUT2D eigenvalue weighted by atomic mass is 16.5. The molecule has 0 aliphatic heterocycles. The average Bonchev–Trinajstić information content (AvgIpc) is 2.55. The molecule has 1 rings (SSSR count). The lowest BCUT2D eigenvalue weighted by Crippen LogP contribution is -2.35. The monoisotopic (exact) mass is 362 g/mol. The van der Waals surface area contributed by atoms with Crippen LogP contribution in [0.1, 0.15) is 71.1 Å². The highest BCUT2D eigenvalue weighted by Gasteiger charge is 2.30. The minimum absolute atomic E-state index is 0.0673. The summed E-state index contributed by atoms with van der Waals surface area (Å²) in [5.74, 6) is 0.895. The first-order valence-corrected chi connectivity index (χ1v) is 9.47. The molecule has 0 aliphatic rings. The number of likely N-dealkylation sites (N-methyl/N-ethyl adjacent to an activating group) is 2. The van der Waals surface area contributed by atoms with Crippen LogP contribution >= 0.6 is 0 Å². The molecule has 1 unspecified atom stereocenters. The number of carbonyl (C=O) groups excluding carboxylic acids is 1. The number of methoxy groups -OCH3 is 1. The molecule has 1 aromatic rings. The number of carbonyl (C=O) groups is 1. The van der Waals surface area contributed by atoms with Crippen molar-refractivity contribution in [2.24, 2.45) is 0 Å². The summed E-state index contributed by atoms with van der Waals surface area (Å²) in [5, 5.41) is 3.09. The largest absolute Gasteiger partial charge is 0.496 e. The SMILES string of the molecule is CNCCN(C)C(=O)C(C)c1cc(C(C)(C)C)c(OC)c(C(C)(C)C)c1. The third-order valence-electron chi connectivity index (χ3n) is 4.88. The van der Waals surface area contributed by atoms with E-state index in [4.69, 9.17) is 4.74 Å². The van der Waals surface area contributed by atoms with E-state index in [9.17, 15) is 4.79 Å². The third-order valence-corrected chi connectivity index (χ3v) is 4.88. The second-order valence-electron chi connectivity index (χ2n) is 9.23. The van der Waals surface area contributed by atoms with Gasteiger partial charge in [-0.1, -0.05) is 53.7 Å². The number of nitrogens with zero attached hydrogens (tertiary/aromatic N) is 1. The first-order chi connectivity index (χ1) is 11.8. The van der Waals surface area contributed by atoms with Gasteiger partial charge in [-0.3, -0.25) is 4.79 Å². The molecule has 0 spiro atoms. The normalized spacial score (nSPS) is 13.5. The quantitative estimate of drug-likeness (QED) is 0.829. The van der Waals surface area contributed by atoms with Crippen molar-refractivity contribution >= 4 is 5.91 Å². The Hall–Kier alpha value is -1.55. The lowest BCUT2D eigenvalue weighted by Gasteiger charge is -2.31. The summed E-state index contributed by atoms with van der Waals surface area (Å²) in [4.78, 5) is 14.7. The number of rotatable bonds is 6. The molecule has 0 saturated carbocycles. The zero-order chi connectivity index (χ0) is 20.3. The predicted molar refractivity (Wildman–Crippen MR) is 110 cm³/mol. The van der Waals surface area contributed by atoms with Gasteiger partial charge in [0.1, 0.15) is 5.75 Å². The van der Waals surface area contributed by atoms with Crippen LogP contribution in [0.5, 0.6) is 5.75 Å². The maximum atomic E-state index is 12.9. The van der Waals surface area contributed by atoms with Gasteiger partial charge in [0.25, 0.3) is 0 Å². The highest BCUT2D eigenvalue weighted by Crippen LogP contribution is 2.41. The van der Waals surface area contributed by atoms with Crippen LogP contribution in [0.2, 0.25) is 0 Å². The molecule has 148 valence electrons. The van der Waals surface area contributed by atoms with Gasteiger partial charge in [-0.05, 0) is 30.4 Å². The van der Waals surface area contributed by atoms with E-state index >= 15 is 0 Å². The molecular weight excluding hydrogens is 324 g/mol. The van der Waals surface area contributed by atoms with E-state index in [1.165, 1.54) is 0 Å². The zero-order valence-corrected chi connectivity index (χ0v) is 18.4. The Balaban J connectivity index is 3.46. The Kier molecular flexibility index (Phi) is 7.29. The predicted octanol–water partition coefficient (Wildman–Crippen LogP) is 4.07. The van der Waals surface area contributed by atoms with Crippen molar-refractivity contribution in [1.29, 1.82) is 0 Å². The molecule has 1 aromatic carbocycles. The molecule has 0 bridgehead atoms. The number of ether oxygens (including phenoxy) is 1. The molecule has 4 heteroatoms. The van der Waals surface area contributed by atoms with Crippen molar-refractivity contribution in [3.63, 3.8) is 0 Å². The number of hydrogen-bond donors (Lipinski definition) is 1. The van der Waals surface area contributed by atoms with Gasteiger partial charge in [0.2, 0.25) is 5.91 Å². The molecule has 1 amide bonds. The lowest BCUT2D eigenvalue weighted by molar-refractivity contribution is -0.131. The van der Waals surface area contributed by atoms with Crippen LogP contribution in [0.15, 0.2) is 12.1 Å². The van der Waals surface area contributed by atoms with Crippen LogP contribution in [0.25, 0.3) is 0 Å². The van der Waals surface area contributed by atoms with Gasteiger partial charge in [0.05, 0.1) is 13.0 Å². The molecule has 0 saturated heterocycles. The molecule has 0 fully saturated rings. The second-order valence-corrected chi connectivity index (χ2v) is 9.23. The molecular formula is C22H38N2O2. The molecule has 26 heavy (non-hydrogen) atoms. The van der Waals surface area contributed by atoms with Gasteiger partial charge in [0, 0.05) is 31.3 Å². The van der Waals surface area contributed by atoms with Crippen LogP contribution in [-0.4, -0.2) is 45.1 Å². The van der Waals surface area contributed by atoms with E-state index in [0.29, 0.717) is 6.54 Å². The van der Waals surface area contributed by atoms with E-state index < -0.39 is 0 Å². The Morgan fingerprint density at radius 2 is 1.58 bits per heavy atom. The summed E-state index contributed by atoms with van der Waals surface area (Å²) < 4.78 is 5.82. The number of nitrogens with one attached hydrogen (secondary N) is 1. The van der Waals surface area contributed by atoms with E-state index in [-0.39, 0.29) is 22.7 Å². The molecule has 0 heterocycles. The lowest BCUT2D eigenvalue weighted by atomic mass is 9.77. The Bertz CT molecular complexity index is 589. The minimum Gasteiger partial charge on any atom is -0.496 e. The number of benzene rings is 1. The standard InChI is InChI=1S/C22H38N2O2/c1-15(20(25)24(9)12-11-23-8)16-13-17(21(2,3)4)19(26-10)18(14-16)22(5,6)7/h13-15,23H,11-12H2,1-10H3. The molecule has 0 aromatic heterocycles. The van der Waals surface area contributed by atoms with E-state index in [1.807, 2.05) is 21.0 Å². The molecule has 1 N–H and O–H groups in total. The molecule has 0 aliphatic carbocycles. The average molecular weight is 363 g/mol. The maximum Gasteiger partial charge on any atom is 0.229 e. The summed E-state index contributed by atoms with van der Waals surface area (Å²) >= 11 is 0. The van der Waals surface area contributed by atoms with E-state index in [2.05, 4.69) is 59.0 Å². The van der Waals surface area contributed by atoms with Crippen molar-refractivity contribution in [1.82, 2.24) is 10.2 Å².